The summed E-state index contributed by atoms with van der Waals surface area (Å²) in [5.74, 6) is -0.0479. The Morgan fingerprint density at radius 2 is 2.13 bits per heavy atom. The molecule has 0 bridgehead atoms. The van der Waals surface area contributed by atoms with Crippen LogP contribution in [0, 0.1) is 0 Å². The van der Waals surface area contributed by atoms with E-state index in [1.807, 2.05) is 24.3 Å². The molecule has 0 unspecified atom stereocenters. The number of rotatable bonds is 4. The summed E-state index contributed by atoms with van der Waals surface area (Å²) in [7, 11) is -3.06. The molecular weight excluding hydrogens is 312 g/mol. The lowest BCUT2D eigenvalue weighted by atomic mass is 10.1. The molecular formula is C17H18N2O3S. The molecule has 5 nitrogen and oxygen atoms in total. The number of sulfone groups is 1. The van der Waals surface area contributed by atoms with E-state index >= 15 is 0 Å². The number of carbonyl (C=O) groups is 1. The SMILES string of the molecule is C=CCN(C(=O)c1cccc2cccnc12)[C@@H]1CCS(=O)(=O)C1. The lowest BCUT2D eigenvalue weighted by Gasteiger charge is -2.27. The molecule has 1 aromatic carbocycles. The number of benzene rings is 1. The number of fused-ring (bicyclic) bond motifs is 1. The first-order chi connectivity index (χ1) is 11.0. The molecule has 1 aliphatic heterocycles. The van der Waals surface area contributed by atoms with Crippen LogP contribution in [0.2, 0.25) is 0 Å². The van der Waals surface area contributed by atoms with Crippen molar-refractivity contribution in [3.05, 3.63) is 54.7 Å². The average Bonchev–Trinajstić information content (AvgIpc) is 2.91. The van der Waals surface area contributed by atoms with Gasteiger partial charge in [0.1, 0.15) is 0 Å². The van der Waals surface area contributed by atoms with E-state index in [4.69, 9.17) is 0 Å². The van der Waals surface area contributed by atoms with Crippen LogP contribution < -0.4 is 0 Å². The first-order valence-electron chi connectivity index (χ1n) is 7.48. The van der Waals surface area contributed by atoms with Gasteiger partial charge in [0.05, 0.1) is 22.6 Å². The Hall–Kier alpha value is -2.21. The fourth-order valence-electron chi connectivity index (χ4n) is 2.99. The van der Waals surface area contributed by atoms with E-state index in [2.05, 4.69) is 11.6 Å². The Kier molecular flexibility index (Phi) is 4.17. The lowest BCUT2D eigenvalue weighted by Crippen LogP contribution is -2.41. The summed E-state index contributed by atoms with van der Waals surface area (Å²) in [6, 6.07) is 8.87. The molecule has 1 atom stereocenters. The Balaban J connectivity index is 1.99. The van der Waals surface area contributed by atoms with Crippen molar-refractivity contribution in [2.24, 2.45) is 0 Å². The van der Waals surface area contributed by atoms with Crippen LogP contribution in [-0.2, 0) is 9.84 Å². The molecule has 2 heterocycles. The Bertz CT molecular complexity index is 856. The molecule has 0 spiro atoms. The van der Waals surface area contributed by atoms with Crippen molar-refractivity contribution in [3.8, 4) is 0 Å². The highest BCUT2D eigenvalue weighted by Crippen LogP contribution is 2.23. The van der Waals surface area contributed by atoms with Gasteiger partial charge in [0.25, 0.3) is 5.91 Å². The summed E-state index contributed by atoms with van der Waals surface area (Å²) in [6.45, 7) is 4.01. The molecule has 6 heteroatoms. The third-order valence-corrected chi connectivity index (χ3v) is 5.85. The first kappa shape index (κ1) is 15.7. The molecule has 1 fully saturated rings. The predicted molar refractivity (Wildman–Crippen MR) is 90.0 cm³/mol. The molecule has 2 aromatic rings. The number of carbonyl (C=O) groups excluding carboxylic acids is 1. The second-order valence-corrected chi connectivity index (χ2v) is 7.91. The van der Waals surface area contributed by atoms with Gasteiger partial charge in [-0.05, 0) is 18.6 Å². The molecule has 120 valence electrons. The molecule has 1 amide bonds. The quantitative estimate of drug-likeness (QED) is 0.805. The average molecular weight is 330 g/mol. The van der Waals surface area contributed by atoms with Crippen LogP contribution in [0.4, 0.5) is 0 Å². The van der Waals surface area contributed by atoms with Gasteiger partial charge in [-0.2, -0.15) is 0 Å². The van der Waals surface area contributed by atoms with Crippen LogP contribution in [0.1, 0.15) is 16.8 Å². The summed E-state index contributed by atoms with van der Waals surface area (Å²) < 4.78 is 23.5. The molecule has 3 rings (SSSR count). The van der Waals surface area contributed by atoms with Crippen LogP contribution >= 0.6 is 0 Å². The minimum Gasteiger partial charge on any atom is -0.331 e. The monoisotopic (exact) mass is 330 g/mol. The minimum absolute atomic E-state index is 0.0186. The number of para-hydroxylation sites is 1. The Morgan fingerprint density at radius 1 is 1.35 bits per heavy atom. The molecule has 0 aliphatic carbocycles. The number of amides is 1. The zero-order valence-corrected chi connectivity index (χ0v) is 13.5. The van der Waals surface area contributed by atoms with Gasteiger partial charge in [0.2, 0.25) is 0 Å². The predicted octanol–water partition coefficient (Wildman–Crippen LogP) is 2.05. The van der Waals surface area contributed by atoms with E-state index in [1.165, 1.54) is 0 Å². The number of pyridine rings is 1. The third kappa shape index (κ3) is 3.12. The standard InChI is InChI=1S/C17H18N2O3S/c1-2-10-19(14-8-11-23(21,22)12-14)17(20)15-7-3-5-13-6-4-9-18-16(13)15/h2-7,9,14H,1,8,10-12H2/t14-/m1/s1. The summed E-state index contributed by atoms with van der Waals surface area (Å²) in [5, 5.41) is 0.885. The van der Waals surface area contributed by atoms with E-state index in [9.17, 15) is 13.2 Å². The van der Waals surface area contributed by atoms with Gasteiger partial charge >= 0.3 is 0 Å². The molecule has 1 aliphatic rings. The smallest absolute Gasteiger partial charge is 0.256 e. The van der Waals surface area contributed by atoms with Crippen molar-refractivity contribution < 1.29 is 13.2 Å². The minimum atomic E-state index is -3.06. The van der Waals surface area contributed by atoms with Gasteiger partial charge in [-0.1, -0.05) is 24.3 Å². The number of nitrogens with zero attached hydrogens (tertiary/aromatic N) is 2. The van der Waals surface area contributed by atoms with E-state index < -0.39 is 9.84 Å². The highest BCUT2D eigenvalue weighted by Gasteiger charge is 2.34. The zero-order valence-electron chi connectivity index (χ0n) is 12.7. The van der Waals surface area contributed by atoms with Gasteiger partial charge in [-0.25, -0.2) is 8.42 Å². The maximum atomic E-state index is 13.0. The van der Waals surface area contributed by atoms with E-state index in [0.717, 1.165) is 5.39 Å². The molecule has 1 aromatic heterocycles. The summed E-state index contributed by atoms with van der Waals surface area (Å²) >= 11 is 0. The number of aromatic nitrogens is 1. The molecule has 0 N–H and O–H groups in total. The fourth-order valence-corrected chi connectivity index (χ4v) is 4.72. The van der Waals surface area contributed by atoms with E-state index in [-0.39, 0.29) is 23.5 Å². The largest absolute Gasteiger partial charge is 0.331 e. The maximum Gasteiger partial charge on any atom is 0.256 e. The van der Waals surface area contributed by atoms with Gasteiger partial charge < -0.3 is 4.90 Å². The van der Waals surface area contributed by atoms with E-state index in [1.54, 1.807) is 23.2 Å². The second kappa shape index (κ2) is 6.12. The normalized spacial score (nSPS) is 19.6. The summed E-state index contributed by atoms with van der Waals surface area (Å²) in [4.78, 5) is 18.9. The van der Waals surface area contributed by atoms with Gasteiger partial charge in [0.15, 0.2) is 9.84 Å². The maximum absolute atomic E-state index is 13.0. The van der Waals surface area contributed by atoms with Crippen molar-refractivity contribution >= 4 is 26.6 Å². The molecule has 1 saturated heterocycles. The summed E-state index contributed by atoms with van der Waals surface area (Å²) in [5.41, 5.74) is 1.13. The van der Waals surface area contributed by atoms with Crippen LogP contribution in [-0.4, -0.2) is 48.3 Å². The van der Waals surface area contributed by atoms with E-state index in [0.29, 0.717) is 24.0 Å². The van der Waals surface area contributed by atoms with Crippen LogP contribution in [0.5, 0.6) is 0 Å². The Labute approximate surface area is 135 Å². The number of hydrogen-bond acceptors (Lipinski definition) is 4. The van der Waals surface area contributed by atoms with Gasteiger partial charge in [-0.3, -0.25) is 9.78 Å². The van der Waals surface area contributed by atoms with Crippen LogP contribution in [0.15, 0.2) is 49.2 Å². The van der Waals surface area contributed by atoms with Crippen molar-refractivity contribution in [2.45, 2.75) is 12.5 Å². The molecule has 23 heavy (non-hydrogen) atoms. The number of hydrogen-bond donors (Lipinski definition) is 0. The van der Waals surface area contributed by atoms with Crippen LogP contribution in [0.25, 0.3) is 10.9 Å². The zero-order chi connectivity index (χ0) is 16.4. The van der Waals surface area contributed by atoms with Crippen molar-refractivity contribution in [1.29, 1.82) is 0 Å². The van der Waals surface area contributed by atoms with Gasteiger partial charge in [-0.15, -0.1) is 6.58 Å². The van der Waals surface area contributed by atoms with Crippen LogP contribution in [0.3, 0.4) is 0 Å². The first-order valence-corrected chi connectivity index (χ1v) is 9.30. The Morgan fingerprint density at radius 3 is 2.83 bits per heavy atom. The molecule has 0 radical (unpaired) electrons. The topological polar surface area (TPSA) is 67.3 Å². The van der Waals surface area contributed by atoms with Crippen molar-refractivity contribution in [1.82, 2.24) is 9.88 Å². The highest BCUT2D eigenvalue weighted by atomic mass is 32.2. The highest BCUT2D eigenvalue weighted by molar-refractivity contribution is 7.91. The second-order valence-electron chi connectivity index (χ2n) is 5.68. The lowest BCUT2D eigenvalue weighted by molar-refractivity contribution is 0.0722. The molecule has 0 saturated carbocycles. The third-order valence-electron chi connectivity index (χ3n) is 4.10. The van der Waals surface area contributed by atoms with Gasteiger partial charge in [0, 0.05) is 24.2 Å². The fraction of sp³-hybridized carbons (Fsp3) is 0.294. The summed E-state index contributed by atoms with van der Waals surface area (Å²) in [6.07, 6.45) is 3.75. The van der Waals surface area contributed by atoms with Crippen molar-refractivity contribution in [3.63, 3.8) is 0 Å². The van der Waals surface area contributed by atoms with Crippen molar-refractivity contribution in [2.75, 3.05) is 18.1 Å².